The minimum absolute atomic E-state index is 0.208. The van der Waals surface area contributed by atoms with Crippen molar-refractivity contribution < 1.29 is 8.42 Å². The molecule has 0 aromatic rings. The van der Waals surface area contributed by atoms with Crippen LogP contribution in [0.3, 0.4) is 0 Å². The molecule has 0 aromatic heterocycles. The zero-order valence-corrected chi connectivity index (χ0v) is 10.4. The Balaban J connectivity index is 2.56. The molecule has 1 fully saturated rings. The minimum Gasteiger partial charge on any atom is -0.316 e. The fourth-order valence-corrected chi connectivity index (χ4v) is 2.42. The normalized spacial score (nSPS) is 21.9. The Kier molecular flexibility index (Phi) is 4.80. The second kappa shape index (κ2) is 5.66. The first-order chi connectivity index (χ1) is 7.02. The van der Waals surface area contributed by atoms with E-state index < -0.39 is 9.84 Å². The summed E-state index contributed by atoms with van der Waals surface area (Å²) in [4.78, 5) is 0. The molecule has 0 atom stereocenters. The molecule has 88 valence electrons. The van der Waals surface area contributed by atoms with Gasteiger partial charge in [0.25, 0.3) is 0 Å². The Morgan fingerprint density at radius 1 is 1.33 bits per heavy atom. The van der Waals surface area contributed by atoms with Gasteiger partial charge in [0.2, 0.25) is 0 Å². The van der Waals surface area contributed by atoms with Crippen LogP contribution in [0.15, 0.2) is 11.6 Å². The molecule has 4 heteroatoms. The third kappa shape index (κ3) is 4.34. The van der Waals surface area contributed by atoms with Crippen LogP contribution in [0.1, 0.15) is 33.1 Å². The molecule has 0 saturated carbocycles. The van der Waals surface area contributed by atoms with Crippen LogP contribution in [0.2, 0.25) is 0 Å². The van der Waals surface area contributed by atoms with Crippen LogP contribution >= 0.6 is 0 Å². The van der Waals surface area contributed by atoms with Crippen molar-refractivity contribution in [3.05, 3.63) is 11.6 Å². The largest absolute Gasteiger partial charge is 0.316 e. The van der Waals surface area contributed by atoms with Gasteiger partial charge in [-0.15, -0.1) is 0 Å². The van der Waals surface area contributed by atoms with Gasteiger partial charge in [-0.05, 0) is 46.2 Å². The standard InChI is InChI=1S/C11H21NO2S/c1-10(2)15(13,14)9-6-11-4-3-7-12-8-5-11/h6,10,12H,3-5,7-9H2,1-2H3/b11-6-. The monoisotopic (exact) mass is 231 g/mol. The summed E-state index contributed by atoms with van der Waals surface area (Å²) in [6.45, 7) is 5.51. The second-order valence-electron chi connectivity index (χ2n) is 4.34. The van der Waals surface area contributed by atoms with Crippen molar-refractivity contribution in [1.82, 2.24) is 5.32 Å². The van der Waals surface area contributed by atoms with Crippen LogP contribution in [-0.4, -0.2) is 32.5 Å². The van der Waals surface area contributed by atoms with Gasteiger partial charge in [0.15, 0.2) is 9.84 Å². The van der Waals surface area contributed by atoms with Crippen molar-refractivity contribution in [2.75, 3.05) is 18.8 Å². The highest BCUT2D eigenvalue weighted by molar-refractivity contribution is 7.92. The molecule has 1 rings (SSSR count). The molecule has 15 heavy (non-hydrogen) atoms. The molecule has 3 nitrogen and oxygen atoms in total. The Hall–Kier alpha value is -0.350. The van der Waals surface area contributed by atoms with E-state index in [-0.39, 0.29) is 11.0 Å². The summed E-state index contributed by atoms with van der Waals surface area (Å²) in [7, 11) is -2.91. The van der Waals surface area contributed by atoms with Crippen LogP contribution < -0.4 is 5.32 Å². The summed E-state index contributed by atoms with van der Waals surface area (Å²) in [5, 5.41) is 3.04. The zero-order valence-electron chi connectivity index (χ0n) is 9.62. The van der Waals surface area contributed by atoms with E-state index in [9.17, 15) is 8.42 Å². The van der Waals surface area contributed by atoms with Crippen LogP contribution in [-0.2, 0) is 9.84 Å². The van der Waals surface area contributed by atoms with Crippen molar-refractivity contribution in [3.8, 4) is 0 Å². The van der Waals surface area contributed by atoms with Crippen molar-refractivity contribution >= 4 is 9.84 Å². The third-order valence-electron chi connectivity index (χ3n) is 2.80. The first-order valence-electron chi connectivity index (χ1n) is 5.62. The summed E-state index contributed by atoms with van der Waals surface area (Å²) >= 11 is 0. The highest BCUT2D eigenvalue weighted by atomic mass is 32.2. The molecular formula is C11H21NO2S. The summed E-state index contributed by atoms with van der Waals surface area (Å²) in [6.07, 6.45) is 5.07. The van der Waals surface area contributed by atoms with Gasteiger partial charge in [-0.3, -0.25) is 0 Å². The molecule has 1 saturated heterocycles. The van der Waals surface area contributed by atoms with Crippen molar-refractivity contribution in [1.29, 1.82) is 0 Å². The number of hydrogen-bond donors (Lipinski definition) is 1. The molecule has 0 amide bonds. The van der Waals surface area contributed by atoms with Crippen LogP contribution in [0.4, 0.5) is 0 Å². The van der Waals surface area contributed by atoms with E-state index in [1.54, 1.807) is 13.8 Å². The fraction of sp³-hybridized carbons (Fsp3) is 0.818. The molecule has 1 N–H and O–H groups in total. The molecule has 0 spiro atoms. The lowest BCUT2D eigenvalue weighted by Gasteiger charge is -2.06. The van der Waals surface area contributed by atoms with E-state index in [0.29, 0.717) is 0 Å². The van der Waals surface area contributed by atoms with Gasteiger partial charge >= 0.3 is 0 Å². The van der Waals surface area contributed by atoms with Gasteiger partial charge in [0.1, 0.15) is 0 Å². The van der Waals surface area contributed by atoms with Crippen molar-refractivity contribution in [2.45, 2.75) is 38.4 Å². The van der Waals surface area contributed by atoms with Gasteiger partial charge in [-0.1, -0.05) is 11.6 Å². The minimum atomic E-state index is -2.91. The van der Waals surface area contributed by atoms with Crippen LogP contribution in [0.25, 0.3) is 0 Å². The summed E-state index contributed by atoms with van der Waals surface area (Å²) in [5.74, 6) is 0.208. The lowest BCUT2D eigenvalue weighted by Crippen LogP contribution is -2.16. The molecule has 0 bridgehead atoms. The Labute approximate surface area is 92.9 Å². The quantitative estimate of drug-likeness (QED) is 0.749. The van der Waals surface area contributed by atoms with Gasteiger partial charge < -0.3 is 5.32 Å². The molecule has 1 aliphatic heterocycles. The molecule has 0 aromatic carbocycles. The van der Waals surface area contributed by atoms with Crippen LogP contribution in [0.5, 0.6) is 0 Å². The van der Waals surface area contributed by atoms with E-state index in [1.165, 1.54) is 5.57 Å². The highest BCUT2D eigenvalue weighted by Crippen LogP contribution is 2.13. The maximum Gasteiger partial charge on any atom is 0.156 e. The average molecular weight is 231 g/mol. The van der Waals surface area contributed by atoms with E-state index in [2.05, 4.69) is 5.32 Å². The van der Waals surface area contributed by atoms with Gasteiger partial charge in [0, 0.05) is 0 Å². The summed E-state index contributed by atoms with van der Waals surface area (Å²) < 4.78 is 23.2. The highest BCUT2D eigenvalue weighted by Gasteiger charge is 2.14. The van der Waals surface area contributed by atoms with Gasteiger partial charge in [-0.25, -0.2) is 8.42 Å². The van der Waals surface area contributed by atoms with Crippen molar-refractivity contribution in [2.24, 2.45) is 0 Å². The molecule has 1 heterocycles. The lowest BCUT2D eigenvalue weighted by molar-refractivity contribution is 0.590. The summed E-state index contributed by atoms with van der Waals surface area (Å²) in [6, 6.07) is 0. The first kappa shape index (κ1) is 12.7. The number of nitrogens with one attached hydrogen (secondary N) is 1. The Morgan fingerprint density at radius 3 is 2.73 bits per heavy atom. The van der Waals surface area contributed by atoms with E-state index >= 15 is 0 Å². The number of hydrogen-bond acceptors (Lipinski definition) is 3. The SMILES string of the molecule is CC(C)S(=O)(=O)C/C=C1/CCCNCC1. The maximum atomic E-state index is 11.6. The second-order valence-corrected chi connectivity index (χ2v) is 6.95. The fourth-order valence-electron chi connectivity index (χ4n) is 1.57. The van der Waals surface area contributed by atoms with E-state index in [1.807, 2.05) is 6.08 Å². The first-order valence-corrected chi connectivity index (χ1v) is 7.34. The molecular weight excluding hydrogens is 210 g/mol. The summed E-state index contributed by atoms with van der Waals surface area (Å²) in [5.41, 5.74) is 1.30. The maximum absolute atomic E-state index is 11.6. The third-order valence-corrected chi connectivity index (χ3v) is 4.86. The topological polar surface area (TPSA) is 46.2 Å². The predicted octanol–water partition coefficient (Wildman–Crippen LogP) is 1.51. The molecule has 1 aliphatic rings. The number of rotatable bonds is 3. The smallest absolute Gasteiger partial charge is 0.156 e. The lowest BCUT2D eigenvalue weighted by atomic mass is 10.1. The molecule has 0 unspecified atom stereocenters. The molecule has 0 radical (unpaired) electrons. The van der Waals surface area contributed by atoms with E-state index in [4.69, 9.17) is 0 Å². The number of sulfone groups is 1. The predicted molar refractivity (Wildman–Crippen MR) is 63.7 cm³/mol. The molecule has 0 aliphatic carbocycles. The average Bonchev–Trinajstić information content (AvgIpc) is 2.42. The zero-order chi connectivity index (χ0) is 11.3. The Morgan fingerprint density at radius 2 is 2.07 bits per heavy atom. The van der Waals surface area contributed by atoms with Crippen molar-refractivity contribution in [3.63, 3.8) is 0 Å². The van der Waals surface area contributed by atoms with Crippen LogP contribution in [0, 0.1) is 0 Å². The van der Waals surface area contributed by atoms with Gasteiger partial charge in [-0.2, -0.15) is 0 Å². The van der Waals surface area contributed by atoms with E-state index in [0.717, 1.165) is 32.4 Å². The van der Waals surface area contributed by atoms with Gasteiger partial charge in [0.05, 0.1) is 11.0 Å². The Bertz CT molecular complexity index is 307.